The number of halogens is 1. The van der Waals surface area contributed by atoms with Gasteiger partial charge in [-0.1, -0.05) is 18.2 Å². The standard InChI is InChI=1S/C20H19FN4O3/c1-27-14-7-8-16(18(9-14)28-2)25-19-10-17(23-12-24-19)20(26)22-11-13-5-3-4-6-15(13)21/h3-10,12H,11H2,1-2H3,(H,22,26)(H,23,24,25). The second kappa shape index (κ2) is 8.81. The lowest BCUT2D eigenvalue weighted by Gasteiger charge is -2.12. The first-order valence-electron chi connectivity index (χ1n) is 8.43. The van der Waals surface area contributed by atoms with Crippen molar-refractivity contribution in [1.82, 2.24) is 15.3 Å². The summed E-state index contributed by atoms with van der Waals surface area (Å²) in [6.07, 6.45) is 1.27. The Kier molecular flexibility index (Phi) is 6.01. The van der Waals surface area contributed by atoms with Gasteiger partial charge in [-0.3, -0.25) is 4.79 Å². The highest BCUT2D eigenvalue weighted by atomic mass is 19.1. The minimum atomic E-state index is -0.435. The third-order valence-corrected chi connectivity index (χ3v) is 3.97. The van der Waals surface area contributed by atoms with E-state index < -0.39 is 5.91 Å². The Labute approximate surface area is 161 Å². The minimum absolute atomic E-state index is 0.0601. The van der Waals surface area contributed by atoms with Crippen molar-refractivity contribution >= 4 is 17.4 Å². The van der Waals surface area contributed by atoms with E-state index >= 15 is 0 Å². The summed E-state index contributed by atoms with van der Waals surface area (Å²) in [4.78, 5) is 20.4. The molecule has 1 heterocycles. The molecule has 0 spiro atoms. The molecule has 0 aliphatic rings. The zero-order valence-electron chi connectivity index (χ0n) is 15.4. The fourth-order valence-corrected chi connectivity index (χ4v) is 2.50. The number of carbonyl (C=O) groups is 1. The summed E-state index contributed by atoms with van der Waals surface area (Å²) < 4.78 is 24.2. The molecule has 7 nitrogen and oxygen atoms in total. The molecule has 0 aliphatic carbocycles. The Bertz CT molecular complexity index is 981. The molecule has 0 fully saturated rings. The third-order valence-electron chi connectivity index (χ3n) is 3.97. The van der Waals surface area contributed by atoms with Gasteiger partial charge < -0.3 is 20.1 Å². The Morgan fingerprint density at radius 3 is 2.64 bits per heavy atom. The quantitative estimate of drug-likeness (QED) is 0.652. The molecule has 2 aromatic carbocycles. The van der Waals surface area contributed by atoms with Crippen molar-refractivity contribution in [3.05, 3.63) is 71.9 Å². The number of methoxy groups -OCH3 is 2. The van der Waals surface area contributed by atoms with E-state index in [1.54, 1.807) is 50.6 Å². The highest BCUT2D eigenvalue weighted by molar-refractivity contribution is 5.93. The summed E-state index contributed by atoms with van der Waals surface area (Å²) in [6.45, 7) is 0.0601. The molecule has 8 heteroatoms. The molecule has 0 radical (unpaired) electrons. The highest BCUT2D eigenvalue weighted by Crippen LogP contribution is 2.30. The lowest BCUT2D eigenvalue weighted by molar-refractivity contribution is 0.0945. The number of benzene rings is 2. The number of amides is 1. The zero-order chi connectivity index (χ0) is 19.9. The summed E-state index contributed by atoms with van der Waals surface area (Å²) in [5.74, 6) is 0.811. The van der Waals surface area contributed by atoms with Crippen molar-refractivity contribution in [3.8, 4) is 11.5 Å². The van der Waals surface area contributed by atoms with Crippen molar-refractivity contribution in [1.29, 1.82) is 0 Å². The van der Waals surface area contributed by atoms with Crippen LogP contribution in [0.2, 0.25) is 0 Å². The predicted molar refractivity (Wildman–Crippen MR) is 102 cm³/mol. The van der Waals surface area contributed by atoms with E-state index in [1.807, 2.05) is 0 Å². The normalized spacial score (nSPS) is 10.2. The van der Waals surface area contributed by atoms with Crippen LogP contribution in [0.5, 0.6) is 11.5 Å². The molecule has 0 bridgehead atoms. The molecule has 28 heavy (non-hydrogen) atoms. The van der Waals surface area contributed by atoms with E-state index in [0.29, 0.717) is 28.6 Å². The summed E-state index contributed by atoms with van der Waals surface area (Å²) >= 11 is 0. The summed E-state index contributed by atoms with van der Waals surface area (Å²) in [5, 5.41) is 5.73. The van der Waals surface area contributed by atoms with Gasteiger partial charge in [0.25, 0.3) is 5.91 Å². The van der Waals surface area contributed by atoms with E-state index in [2.05, 4.69) is 20.6 Å². The average Bonchev–Trinajstić information content (AvgIpc) is 2.73. The summed E-state index contributed by atoms with van der Waals surface area (Å²) in [5.41, 5.74) is 1.20. The summed E-state index contributed by atoms with van der Waals surface area (Å²) in [6, 6.07) is 13.0. The van der Waals surface area contributed by atoms with Gasteiger partial charge in [0.1, 0.15) is 35.2 Å². The lowest BCUT2D eigenvalue weighted by Crippen LogP contribution is -2.24. The zero-order valence-corrected chi connectivity index (χ0v) is 15.4. The van der Waals surface area contributed by atoms with E-state index in [9.17, 15) is 9.18 Å². The van der Waals surface area contributed by atoms with Gasteiger partial charge in [-0.15, -0.1) is 0 Å². The van der Waals surface area contributed by atoms with Crippen LogP contribution < -0.4 is 20.1 Å². The van der Waals surface area contributed by atoms with Crippen molar-refractivity contribution in [2.45, 2.75) is 6.54 Å². The van der Waals surface area contributed by atoms with Crippen LogP contribution in [0.1, 0.15) is 16.1 Å². The number of rotatable bonds is 7. The number of hydrogen-bond donors (Lipinski definition) is 2. The number of carbonyl (C=O) groups excluding carboxylic acids is 1. The van der Waals surface area contributed by atoms with Gasteiger partial charge >= 0.3 is 0 Å². The van der Waals surface area contributed by atoms with Crippen molar-refractivity contribution in [2.24, 2.45) is 0 Å². The molecule has 0 saturated heterocycles. The smallest absolute Gasteiger partial charge is 0.270 e. The Morgan fingerprint density at radius 1 is 1.07 bits per heavy atom. The number of nitrogens with zero attached hydrogens (tertiary/aromatic N) is 2. The van der Waals surface area contributed by atoms with Gasteiger partial charge in [-0.2, -0.15) is 0 Å². The molecular weight excluding hydrogens is 363 g/mol. The number of aromatic nitrogens is 2. The largest absolute Gasteiger partial charge is 0.497 e. The van der Waals surface area contributed by atoms with Crippen LogP contribution in [0.25, 0.3) is 0 Å². The monoisotopic (exact) mass is 382 g/mol. The molecular formula is C20H19FN4O3. The Hall–Kier alpha value is -3.68. The molecule has 0 saturated carbocycles. The van der Waals surface area contributed by atoms with Crippen LogP contribution >= 0.6 is 0 Å². The minimum Gasteiger partial charge on any atom is -0.497 e. The van der Waals surface area contributed by atoms with Crippen molar-refractivity contribution in [2.75, 3.05) is 19.5 Å². The third kappa shape index (κ3) is 4.53. The van der Waals surface area contributed by atoms with Crippen LogP contribution in [-0.4, -0.2) is 30.1 Å². The molecule has 144 valence electrons. The lowest BCUT2D eigenvalue weighted by atomic mass is 10.2. The second-order valence-corrected chi connectivity index (χ2v) is 5.75. The van der Waals surface area contributed by atoms with E-state index in [-0.39, 0.29) is 18.1 Å². The van der Waals surface area contributed by atoms with Gasteiger partial charge in [-0.25, -0.2) is 14.4 Å². The van der Waals surface area contributed by atoms with Crippen LogP contribution in [0, 0.1) is 5.82 Å². The number of hydrogen-bond acceptors (Lipinski definition) is 6. The first-order chi connectivity index (χ1) is 13.6. The van der Waals surface area contributed by atoms with Crippen molar-refractivity contribution in [3.63, 3.8) is 0 Å². The van der Waals surface area contributed by atoms with Crippen LogP contribution in [0.4, 0.5) is 15.9 Å². The number of ether oxygens (including phenoxy) is 2. The fraction of sp³-hybridized carbons (Fsp3) is 0.150. The molecule has 1 amide bonds. The SMILES string of the molecule is COc1ccc(Nc2cc(C(=O)NCc3ccccc3F)ncn2)c(OC)c1. The molecule has 0 atom stereocenters. The topological polar surface area (TPSA) is 85.4 Å². The van der Waals surface area contributed by atoms with Crippen LogP contribution in [0.3, 0.4) is 0 Å². The van der Waals surface area contributed by atoms with Gasteiger partial charge in [0.05, 0.1) is 19.9 Å². The fourth-order valence-electron chi connectivity index (χ4n) is 2.50. The molecule has 1 aromatic heterocycles. The number of anilines is 2. The van der Waals surface area contributed by atoms with E-state index in [0.717, 1.165) is 0 Å². The summed E-state index contributed by atoms with van der Waals surface area (Å²) in [7, 11) is 3.11. The maximum absolute atomic E-state index is 13.7. The molecule has 3 aromatic rings. The van der Waals surface area contributed by atoms with Crippen LogP contribution in [0.15, 0.2) is 54.9 Å². The van der Waals surface area contributed by atoms with Gasteiger partial charge in [-0.05, 0) is 18.2 Å². The molecule has 2 N–H and O–H groups in total. The highest BCUT2D eigenvalue weighted by Gasteiger charge is 2.11. The van der Waals surface area contributed by atoms with Gasteiger partial charge in [0, 0.05) is 24.2 Å². The first-order valence-corrected chi connectivity index (χ1v) is 8.43. The maximum atomic E-state index is 13.7. The molecule has 3 rings (SSSR count). The molecule has 0 aliphatic heterocycles. The maximum Gasteiger partial charge on any atom is 0.270 e. The Balaban J connectivity index is 1.72. The van der Waals surface area contributed by atoms with Gasteiger partial charge in [0.2, 0.25) is 0 Å². The average molecular weight is 382 g/mol. The second-order valence-electron chi connectivity index (χ2n) is 5.75. The van der Waals surface area contributed by atoms with E-state index in [4.69, 9.17) is 9.47 Å². The Morgan fingerprint density at radius 2 is 1.89 bits per heavy atom. The van der Waals surface area contributed by atoms with Gasteiger partial charge in [0.15, 0.2) is 0 Å². The van der Waals surface area contributed by atoms with Crippen molar-refractivity contribution < 1.29 is 18.7 Å². The predicted octanol–water partition coefficient (Wildman–Crippen LogP) is 3.31. The first kappa shape index (κ1) is 19.1. The van der Waals surface area contributed by atoms with E-state index in [1.165, 1.54) is 18.5 Å². The molecule has 0 unspecified atom stereocenters. The number of nitrogens with one attached hydrogen (secondary N) is 2. The van der Waals surface area contributed by atoms with Crippen LogP contribution in [-0.2, 0) is 6.54 Å².